The summed E-state index contributed by atoms with van der Waals surface area (Å²) < 4.78 is 11.8. The molecule has 1 unspecified atom stereocenters. The van der Waals surface area contributed by atoms with Crippen molar-refractivity contribution in [3.63, 3.8) is 0 Å². The van der Waals surface area contributed by atoms with Crippen LogP contribution in [0, 0.1) is 0 Å². The number of amides is 1. The molecule has 0 aromatic heterocycles. The van der Waals surface area contributed by atoms with Gasteiger partial charge in [0.1, 0.15) is 11.5 Å². The minimum Gasteiger partial charge on any atom is -0.507 e. The molecule has 0 radical (unpaired) electrons. The highest BCUT2D eigenvalue weighted by molar-refractivity contribution is 7.88. The van der Waals surface area contributed by atoms with E-state index in [4.69, 9.17) is 0 Å². The summed E-state index contributed by atoms with van der Waals surface area (Å²) in [7, 11) is -1.58. The van der Waals surface area contributed by atoms with Gasteiger partial charge in [-0.3, -0.25) is 9.00 Å². The van der Waals surface area contributed by atoms with Crippen molar-refractivity contribution < 1.29 is 14.1 Å². The molecule has 0 fully saturated rings. The predicted molar refractivity (Wildman–Crippen MR) is 85.1 cm³/mol. The van der Waals surface area contributed by atoms with Gasteiger partial charge in [-0.05, 0) is 12.1 Å². The van der Waals surface area contributed by atoms with Crippen molar-refractivity contribution in [2.75, 3.05) is 11.1 Å². The van der Waals surface area contributed by atoms with E-state index in [9.17, 15) is 14.1 Å². The average Bonchev–Trinajstić information content (AvgIpc) is 2.48. The first kappa shape index (κ1) is 15.0. The summed E-state index contributed by atoms with van der Waals surface area (Å²) in [4.78, 5) is 11.7. The number of anilines is 1. The number of carbonyl (C=O) groups is 1. The van der Waals surface area contributed by atoms with Gasteiger partial charge in [0.15, 0.2) is 0 Å². The van der Waals surface area contributed by atoms with Gasteiger partial charge in [0.25, 0.3) is 0 Å². The molecule has 0 heterocycles. The number of rotatable bonds is 5. The Labute approximate surface area is 125 Å². The fourth-order valence-electron chi connectivity index (χ4n) is 1.69. The molecule has 5 heteroatoms. The van der Waals surface area contributed by atoms with Crippen LogP contribution in [0.1, 0.15) is 5.56 Å². The molecule has 2 aromatic rings. The Morgan fingerprint density at radius 2 is 1.62 bits per heavy atom. The van der Waals surface area contributed by atoms with Crippen LogP contribution in [0.3, 0.4) is 0 Å². The molecule has 0 aliphatic carbocycles. The van der Waals surface area contributed by atoms with Gasteiger partial charge in [0, 0.05) is 16.7 Å². The van der Waals surface area contributed by atoms with Crippen LogP contribution in [-0.4, -0.2) is 21.0 Å². The van der Waals surface area contributed by atoms with Gasteiger partial charge in [-0.1, -0.05) is 48.5 Å². The molecule has 0 spiro atoms. The zero-order valence-electron chi connectivity index (χ0n) is 11.2. The zero-order chi connectivity index (χ0) is 15.1. The van der Waals surface area contributed by atoms with Crippen molar-refractivity contribution in [1.82, 2.24) is 0 Å². The highest BCUT2D eigenvalue weighted by atomic mass is 32.2. The first-order valence-corrected chi connectivity index (χ1v) is 7.71. The molecular formula is C16H15NO3S. The average molecular weight is 301 g/mol. The first-order valence-electron chi connectivity index (χ1n) is 6.33. The van der Waals surface area contributed by atoms with E-state index in [2.05, 4.69) is 5.32 Å². The van der Waals surface area contributed by atoms with Gasteiger partial charge in [0.05, 0.1) is 10.8 Å². The molecule has 108 valence electrons. The number of para-hydroxylation sites is 1. The molecule has 4 nitrogen and oxygen atoms in total. The summed E-state index contributed by atoms with van der Waals surface area (Å²) in [5, 5.41) is 13.7. The van der Waals surface area contributed by atoms with E-state index in [1.807, 2.05) is 12.1 Å². The summed E-state index contributed by atoms with van der Waals surface area (Å²) in [5.74, 6) is -0.663. The molecule has 21 heavy (non-hydrogen) atoms. The number of carbonyl (C=O) groups excluding carboxylic acids is 1. The van der Waals surface area contributed by atoms with Crippen molar-refractivity contribution in [3.05, 3.63) is 71.6 Å². The zero-order valence-corrected chi connectivity index (χ0v) is 12.0. The highest BCUT2D eigenvalue weighted by Gasteiger charge is 2.08. The minimum atomic E-state index is -1.58. The van der Waals surface area contributed by atoms with Crippen LogP contribution in [-0.2, 0) is 15.6 Å². The van der Waals surface area contributed by atoms with Crippen molar-refractivity contribution in [3.8, 4) is 0 Å². The lowest BCUT2D eigenvalue weighted by atomic mass is 10.2. The number of aliphatic hydroxyl groups is 1. The fraction of sp³-hybridized carbons (Fsp3) is 0.0625. The van der Waals surface area contributed by atoms with Crippen LogP contribution in [0.4, 0.5) is 5.69 Å². The van der Waals surface area contributed by atoms with E-state index in [1.165, 1.54) is 5.41 Å². The molecule has 0 aliphatic rings. The van der Waals surface area contributed by atoms with Crippen molar-refractivity contribution in [2.45, 2.75) is 0 Å². The highest BCUT2D eigenvalue weighted by Crippen LogP contribution is 2.11. The Hall–Kier alpha value is -2.40. The van der Waals surface area contributed by atoms with Gasteiger partial charge in [-0.15, -0.1) is 0 Å². The second kappa shape index (κ2) is 7.40. The number of nitrogens with one attached hydrogen (secondary N) is 1. The standard InChI is InChI=1S/C16H15NO3S/c18-15(13-7-3-1-4-8-13)11-21(20)12-16(19)17-14-9-5-2-6-10-14/h1-11,18H,12H2,(H,17,19)/b15-11-. The maximum atomic E-state index is 11.8. The van der Waals surface area contributed by atoms with Gasteiger partial charge >= 0.3 is 0 Å². The third-order valence-electron chi connectivity index (χ3n) is 2.64. The van der Waals surface area contributed by atoms with E-state index >= 15 is 0 Å². The predicted octanol–water partition coefficient (Wildman–Crippen LogP) is 2.93. The van der Waals surface area contributed by atoms with Gasteiger partial charge in [-0.2, -0.15) is 0 Å². The third-order valence-corrected chi connectivity index (χ3v) is 3.68. The van der Waals surface area contributed by atoms with Crippen LogP contribution in [0.5, 0.6) is 0 Å². The fourth-order valence-corrected chi connectivity index (χ4v) is 2.49. The second-order valence-corrected chi connectivity index (χ2v) is 5.59. The molecule has 0 saturated heterocycles. The molecule has 0 aliphatic heterocycles. The van der Waals surface area contributed by atoms with E-state index in [1.54, 1.807) is 48.5 Å². The minimum absolute atomic E-state index is 0.0959. The second-order valence-electron chi connectivity index (χ2n) is 4.31. The largest absolute Gasteiger partial charge is 0.507 e. The van der Waals surface area contributed by atoms with Crippen molar-refractivity contribution in [2.24, 2.45) is 0 Å². The first-order chi connectivity index (χ1) is 10.1. The maximum absolute atomic E-state index is 11.8. The summed E-state index contributed by atoms with van der Waals surface area (Å²) in [5.41, 5.74) is 1.21. The Morgan fingerprint density at radius 3 is 2.24 bits per heavy atom. The summed E-state index contributed by atoms with van der Waals surface area (Å²) in [6.45, 7) is 0. The van der Waals surface area contributed by atoms with Gasteiger partial charge in [0.2, 0.25) is 5.91 Å². The quantitative estimate of drug-likeness (QED) is 0.834. The molecular weight excluding hydrogens is 286 g/mol. The third kappa shape index (κ3) is 4.89. The molecule has 1 amide bonds. The van der Waals surface area contributed by atoms with Crippen LogP contribution >= 0.6 is 0 Å². The van der Waals surface area contributed by atoms with E-state index in [0.717, 1.165) is 0 Å². The normalized spacial score (nSPS) is 12.7. The molecule has 0 bridgehead atoms. The van der Waals surface area contributed by atoms with Crippen LogP contribution < -0.4 is 5.32 Å². The van der Waals surface area contributed by atoms with E-state index < -0.39 is 10.8 Å². The molecule has 1 atom stereocenters. The Balaban J connectivity index is 1.94. The number of hydrogen-bond donors (Lipinski definition) is 2. The Morgan fingerprint density at radius 1 is 1.05 bits per heavy atom. The van der Waals surface area contributed by atoms with Crippen molar-refractivity contribution >= 4 is 28.2 Å². The van der Waals surface area contributed by atoms with Gasteiger partial charge < -0.3 is 10.4 Å². The van der Waals surface area contributed by atoms with E-state index in [-0.39, 0.29) is 17.4 Å². The molecule has 0 saturated carbocycles. The maximum Gasteiger partial charge on any atom is 0.237 e. The number of hydrogen-bond acceptors (Lipinski definition) is 3. The SMILES string of the molecule is O=C(CS(=O)/C=C(\O)c1ccccc1)Nc1ccccc1. The van der Waals surface area contributed by atoms with Crippen LogP contribution in [0.2, 0.25) is 0 Å². The van der Waals surface area contributed by atoms with Crippen molar-refractivity contribution in [1.29, 1.82) is 0 Å². The monoisotopic (exact) mass is 301 g/mol. The molecule has 2 aromatic carbocycles. The smallest absolute Gasteiger partial charge is 0.237 e. The summed E-state index contributed by atoms with van der Waals surface area (Å²) in [6.07, 6.45) is 0. The Kier molecular flexibility index (Phi) is 5.29. The lowest BCUT2D eigenvalue weighted by Gasteiger charge is -2.04. The van der Waals surface area contributed by atoms with E-state index in [0.29, 0.717) is 11.3 Å². The van der Waals surface area contributed by atoms with Crippen LogP contribution in [0.15, 0.2) is 66.1 Å². The topological polar surface area (TPSA) is 66.4 Å². The molecule has 2 N–H and O–H groups in total. The lowest BCUT2D eigenvalue weighted by molar-refractivity contribution is -0.113. The number of aliphatic hydroxyl groups excluding tert-OH is 1. The van der Waals surface area contributed by atoms with Crippen LogP contribution in [0.25, 0.3) is 5.76 Å². The van der Waals surface area contributed by atoms with Gasteiger partial charge in [-0.25, -0.2) is 0 Å². The summed E-state index contributed by atoms with van der Waals surface area (Å²) in [6, 6.07) is 17.7. The lowest BCUT2D eigenvalue weighted by Crippen LogP contribution is -2.18. The number of benzene rings is 2. The molecule has 2 rings (SSSR count). The Bertz CT molecular complexity index is 654. The summed E-state index contributed by atoms with van der Waals surface area (Å²) >= 11 is 0.